The van der Waals surface area contributed by atoms with Crippen molar-refractivity contribution in [2.75, 3.05) is 0 Å². The minimum Gasteiger partial charge on any atom is -0.489 e. The average Bonchev–Trinajstić information content (AvgIpc) is 3.15. The quantitative estimate of drug-likeness (QED) is 0.703. The summed E-state index contributed by atoms with van der Waals surface area (Å²) >= 11 is 0. The van der Waals surface area contributed by atoms with Crippen LogP contribution in [-0.4, -0.2) is 20.8 Å². The van der Waals surface area contributed by atoms with Crippen LogP contribution in [0.1, 0.15) is 57.2 Å². The number of hydrogen-bond acceptors (Lipinski definition) is 5. The van der Waals surface area contributed by atoms with Gasteiger partial charge in [-0.3, -0.25) is 9.48 Å². The van der Waals surface area contributed by atoms with Crippen LogP contribution in [0.2, 0.25) is 0 Å². The van der Waals surface area contributed by atoms with E-state index in [4.69, 9.17) is 9.26 Å². The van der Waals surface area contributed by atoms with Gasteiger partial charge in [-0.15, -0.1) is 0 Å². The van der Waals surface area contributed by atoms with E-state index in [2.05, 4.69) is 21.6 Å². The molecule has 7 heteroatoms. The lowest BCUT2D eigenvalue weighted by atomic mass is 10.1. The lowest BCUT2D eigenvalue weighted by Crippen LogP contribution is -2.28. The first-order valence-electron chi connectivity index (χ1n) is 9.22. The number of aryl methyl sites for hydroxylation is 4. The van der Waals surface area contributed by atoms with Gasteiger partial charge in [-0.05, 0) is 57.9 Å². The third kappa shape index (κ3) is 4.08. The maximum absolute atomic E-state index is 12.8. The molecule has 1 amide bonds. The van der Waals surface area contributed by atoms with Crippen LogP contribution in [0.5, 0.6) is 5.75 Å². The van der Waals surface area contributed by atoms with Crippen molar-refractivity contribution in [3.8, 4) is 5.75 Å². The van der Waals surface area contributed by atoms with Crippen molar-refractivity contribution in [1.29, 1.82) is 0 Å². The minimum absolute atomic E-state index is 0.202. The second kappa shape index (κ2) is 7.88. The first-order chi connectivity index (χ1) is 13.3. The van der Waals surface area contributed by atoms with Crippen molar-refractivity contribution in [1.82, 2.24) is 20.3 Å². The van der Waals surface area contributed by atoms with Gasteiger partial charge in [-0.25, -0.2) is 0 Å². The molecule has 0 fully saturated rings. The topological polar surface area (TPSA) is 82.2 Å². The molecule has 1 N–H and O–H groups in total. The molecule has 0 bridgehead atoms. The molecule has 3 rings (SSSR count). The van der Waals surface area contributed by atoms with E-state index in [1.54, 1.807) is 17.8 Å². The van der Waals surface area contributed by atoms with E-state index >= 15 is 0 Å². The Morgan fingerprint density at radius 2 is 1.89 bits per heavy atom. The Hall–Kier alpha value is -3.09. The van der Waals surface area contributed by atoms with Gasteiger partial charge in [0.2, 0.25) is 0 Å². The summed E-state index contributed by atoms with van der Waals surface area (Å²) in [6, 6.07) is 5.80. The van der Waals surface area contributed by atoms with Crippen LogP contribution in [0.4, 0.5) is 0 Å². The summed E-state index contributed by atoms with van der Waals surface area (Å²) in [5.41, 5.74) is 5.10. The van der Waals surface area contributed by atoms with Crippen LogP contribution in [0.3, 0.4) is 0 Å². The second-order valence-electron chi connectivity index (χ2n) is 7.18. The summed E-state index contributed by atoms with van der Waals surface area (Å²) in [7, 11) is 1.87. The molecule has 3 aromatic rings. The third-order valence-electron chi connectivity index (χ3n) is 4.87. The summed E-state index contributed by atoms with van der Waals surface area (Å²) < 4.78 is 12.9. The monoisotopic (exact) mass is 382 g/mol. The van der Waals surface area contributed by atoms with Crippen molar-refractivity contribution in [3.63, 3.8) is 0 Å². The minimum atomic E-state index is -0.299. The summed E-state index contributed by atoms with van der Waals surface area (Å²) in [6.45, 7) is 9.91. The van der Waals surface area contributed by atoms with E-state index in [9.17, 15) is 4.79 Å². The number of carbonyl (C=O) groups is 1. The highest BCUT2D eigenvalue weighted by atomic mass is 16.5. The van der Waals surface area contributed by atoms with Gasteiger partial charge in [0.25, 0.3) is 5.91 Å². The Kier molecular flexibility index (Phi) is 5.53. The standard InChI is InChI=1S/C21H26N4O3/c1-12-7-13(2)9-17(8-12)27-11-19-16(5)28-24-20(19)21(26)23-14(3)18-10-22-25(6)15(18)4/h7-10,14H,11H2,1-6H3,(H,23,26). The molecule has 7 nitrogen and oxygen atoms in total. The van der Waals surface area contributed by atoms with Gasteiger partial charge in [0.1, 0.15) is 18.1 Å². The van der Waals surface area contributed by atoms with Crippen LogP contribution < -0.4 is 10.1 Å². The van der Waals surface area contributed by atoms with Crippen LogP contribution in [0.15, 0.2) is 28.9 Å². The van der Waals surface area contributed by atoms with E-state index in [1.807, 2.05) is 46.9 Å². The summed E-state index contributed by atoms with van der Waals surface area (Å²) in [4.78, 5) is 12.8. The number of nitrogens with zero attached hydrogens (tertiary/aromatic N) is 3. The molecule has 0 aliphatic carbocycles. The van der Waals surface area contributed by atoms with Gasteiger partial charge in [0, 0.05) is 18.3 Å². The zero-order valence-corrected chi connectivity index (χ0v) is 17.2. The molecule has 1 unspecified atom stereocenters. The van der Waals surface area contributed by atoms with Crippen molar-refractivity contribution < 1.29 is 14.1 Å². The van der Waals surface area contributed by atoms with E-state index in [1.165, 1.54) is 0 Å². The van der Waals surface area contributed by atoms with Crippen molar-refractivity contribution in [2.45, 2.75) is 47.3 Å². The highest BCUT2D eigenvalue weighted by molar-refractivity contribution is 5.94. The Balaban J connectivity index is 1.74. The zero-order chi connectivity index (χ0) is 20.4. The number of nitrogens with one attached hydrogen (secondary N) is 1. The van der Waals surface area contributed by atoms with E-state index in [0.717, 1.165) is 28.1 Å². The van der Waals surface area contributed by atoms with Crippen LogP contribution in [-0.2, 0) is 13.7 Å². The number of ether oxygens (including phenoxy) is 1. The van der Waals surface area contributed by atoms with Crippen LogP contribution >= 0.6 is 0 Å². The van der Waals surface area contributed by atoms with Gasteiger partial charge in [-0.1, -0.05) is 11.2 Å². The second-order valence-corrected chi connectivity index (χ2v) is 7.18. The highest BCUT2D eigenvalue weighted by Crippen LogP contribution is 2.22. The first kappa shape index (κ1) is 19.7. The molecule has 1 aromatic carbocycles. The zero-order valence-electron chi connectivity index (χ0n) is 17.2. The molecule has 148 valence electrons. The Labute approximate surface area is 164 Å². The van der Waals surface area contributed by atoms with E-state index in [-0.39, 0.29) is 24.2 Å². The first-order valence-corrected chi connectivity index (χ1v) is 9.22. The number of rotatable bonds is 6. The summed E-state index contributed by atoms with van der Waals surface area (Å²) in [5.74, 6) is 1.02. The van der Waals surface area contributed by atoms with Gasteiger partial charge < -0.3 is 14.6 Å². The third-order valence-corrected chi connectivity index (χ3v) is 4.87. The average molecular weight is 382 g/mol. The summed E-state index contributed by atoms with van der Waals surface area (Å²) in [6.07, 6.45) is 1.76. The van der Waals surface area contributed by atoms with Crippen molar-refractivity contribution in [3.05, 3.63) is 63.8 Å². The molecule has 0 spiro atoms. The molecular weight excluding hydrogens is 356 g/mol. The lowest BCUT2D eigenvalue weighted by Gasteiger charge is -2.13. The normalized spacial score (nSPS) is 12.1. The molecule has 0 aliphatic rings. The maximum atomic E-state index is 12.8. The van der Waals surface area contributed by atoms with Gasteiger partial charge in [0.15, 0.2) is 5.69 Å². The largest absolute Gasteiger partial charge is 0.489 e. The molecule has 28 heavy (non-hydrogen) atoms. The molecule has 0 saturated carbocycles. The van der Waals surface area contributed by atoms with Crippen LogP contribution in [0.25, 0.3) is 0 Å². The van der Waals surface area contributed by atoms with E-state index < -0.39 is 0 Å². The molecule has 1 atom stereocenters. The molecule has 0 radical (unpaired) electrons. The lowest BCUT2D eigenvalue weighted by molar-refractivity contribution is 0.0928. The number of amides is 1. The Bertz CT molecular complexity index is 983. The highest BCUT2D eigenvalue weighted by Gasteiger charge is 2.23. The fourth-order valence-electron chi connectivity index (χ4n) is 3.19. The number of hydrogen-bond donors (Lipinski definition) is 1. The Morgan fingerprint density at radius 3 is 2.50 bits per heavy atom. The summed E-state index contributed by atoms with van der Waals surface area (Å²) in [5, 5.41) is 11.1. The number of benzene rings is 1. The Morgan fingerprint density at radius 1 is 1.21 bits per heavy atom. The van der Waals surface area contributed by atoms with Gasteiger partial charge >= 0.3 is 0 Å². The molecule has 0 aliphatic heterocycles. The number of carbonyl (C=O) groups excluding carboxylic acids is 1. The molecule has 2 aromatic heterocycles. The smallest absolute Gasteiger partial charge is 0.274 e. The SMILES string of the molecule is Cc1cc(C)cc(OCc2c(C(=O)NC(C)c3cnn(C)c3C)noc2C)c1. The van der Waals surface area contributed by atoms with Gasteiger partial charge in [0.05, 0.1) is 17.8 Å². The fourth-order valence-corrected chi connectivity index (χ4v) is 3.19. The molecule has 0 saturated heterocycles. The molecule has 2 heterocycles. The molecular formula is C21H26N4O3. The van der Waals surface area contributed by atoms with Crippen molar-refractivity contribution in [2.24, 2.45) is 7.05 Å². The predicted octanol–water partition coefficient (Wildman–Crippen LogP) is 3.71. The fraction of sp³-hybridized carbons (Fsp3) is 0.381. The van der Waals surface area contributed by atoms with Gasteiger partial charge in [-0.2, -0.15) is 5.10 Å². The van der Waals surface area contributed by atoms with E-state index in [0.29, 0.717) is 11.3 Å². The maximum Gasteiger partial charge on any atom is 0.274 e. The van der Waals surface area contributed by atoms with Crippen LogP contribution in [0, 0.1) is 27.7 Å². The number of aromatic nitrogens is 3. The van der Waals surface area contributed by atoms with Crippen molar-refractivity contribution >= 4 is 5.91 Å². The predicted molar refractivity (Wildman–Crippen MR) is 105 cm³/mol.